The van der Waals surface area contributed by atoms with Crippen LogP contribution in [-0.2, 0) is 14.3 Å². The molecule has 2 aromatic heterocycles. The van der Waals surface area contributed by atoms with E-state index in [2.05, 4.69) is 16.3 Å². The van der Waals surface area contributed by atoms with Crippen molar-refractivity contribution in [1.82, 2.24) is 14.4 Å². The van der Waals surface area contributed by atoms with Crippen molar-refractivity contribution in [3.8, 4) is 11.3 Å². The van der Waals surface area contributed by atoms with E-state index in [9.17, 15) is 4.79 Å². The van der Waals surface area contributed by atoms with Crippen LogP contribution >= 0.6 is 0 Å². The van der Waals surface area contributed by atoms with Gasteiger partial charge >= 0.3 is 6.09 Å². The Bertz CT molecular complexity index is 1090. The molecule has 1 atom stereocenters. The van der Waals surface area contributed by atoms with Crippen LogP contribution in [0.5, 0.6) is 0 Å². The van der Waals surface area contributed by atoms with Crippen molar-refractivity contribution in [2.45, 2.75) is 58.5 Å². The fourth-order valence-corrected chi connectivity index (χ4v) is 4.39. The monoisotopic (exact) mass is 452 g/mol. The molecule has 0 bridgehead atoms. The fraction of sp³-hybridized carbons (Fsp3) is 0.480. The predicted molar refractivity (Wildman–Crippen MR) is 126 cm³/mol. The molecule has 176 valence electrons. The summed E-state index contributed by atoms with van der Waals surface area (Å²) in [6.45, 7) is 7.46. The van der Waals surface area contributed by atoms with E-state index in [-0.39, 0.29) is 6.10 Å². The Morgan fingerprint density at radius 2 is 2.00 bits per heavy atom. The highest BCUT2D eigenvalue weighted by Crippen LogP contribution is 2.34. The first-order valence-corrected chi connectivity index (χ1v) is 11.6. The van der Waals surface area contributed by atoms with Crippen LogP contribution in [0.25, 0.3) is 16.8 Å². The molecule has 33 heavy (non-hydrogen) atoms. The van der Waals surface area contributed by atoms with Gasteiger partial charge in [0.05, 0.1) is 29.7 Å². The van der Waals surface area contributed by atoms with Gasteiger partial charge in [-0.05, 0) is 45.2 Å². The molecular weight excluding hydrogens is 420 g/mol. The van der Waals surface area contributed by atoms with E-state index in [1.54, 1.807) is 0 Å². The van der Waals surface area contributed by atoms with E-state index >= 15 is 0 Å². The van der Waals surface area contributed by atoms with Crippen molar-refractivity contribution in [2.75, 3.05) is 25.4 Å². The van der Waals surface area contributed by atoms with Crippen molar-refractivity contribution in [3.63, 3.8) is 0 Å². The van der Waals surface area contributed by atoms with Crippen LogP contribution in [0.15, 0.2) is 36.7 Å². The molecule has 0 N–H and O–H groups in total. The molecule has 8 nitrogen and oxygen atoms in total. The highest BCUT2D eigenvalue weighted by atomic mass is 16.7. The van der Waals surface area contributed by atoms with E-state index in [1.807, 2.05) is 50.5 Å². The number of hydrogen-bond acceptors (Lipinski definition) is 6. The number of benzene rings is 1. The molecule has 0 spiro atoms. The van der Waals surface area contributed by atoms with Gasteiger partial charge in [0.2, 0.25) is 0 Å². The Balaban J connectivity index is 1.65. The van der Waals surface area contributed by atoms with Crippen molar-refractivity contribution in [3.05, 3.63) is 48.2 Å². The summed E-state index contributed by atoms with van der Waals surface area (Å²) >= 11 is 0. The van der Waals surface area contributed by atoms with Gasteiger partial charge in [0.15, 0.2) is 0 Å². The molecule has 0 saturated carbocycles. The number of aromatic nitrogens is 3. The molecule has 3 heterocycles. The highest BCUT2D eigenvalue weighted by Gasteiger charge is 2.25. The smallest absolute Gasteiger partial charge is 0.439 e. The van der Waals surface area contributed by atoms with E-state index < -0.39 is 6.09 Å². The SMILES string of the molecule is CCCC(C)OC(=O)N(OC)c1ccc(-c2nc(C3CCOCC3)n3ccnc(C)c23)cc1. The van der Waals surface area contributed by atoms with Crippen LogP contribution < -0.4 is 5.06 Å². The highest BCUT2D eigenvalue weighted by molar-refractivity contribution is 5.87. The number of rotatable bonds is 7. The number of carbonyl (C=O) groups is 1. The van der Waals surface area contributed by atoms with E-state index in [4.69, 9.17) is 19.3 Å². The van der Waals surface area contributed by atoms with Crippen LogP contribution in [0.3, 0.4) is 0 Å². The Morgan fingerprint density at radius 3 is 2.67 bits per heavy atom. The number of aryl methyl sites for hydroxylation is 1. The number of hydroxylamine groups is 1. The molecule has 8 heteroatoms. The summed E-state index contributed by atoms with van der Waals surface area (Å²) in [7, 11) is 1.46. The van der Waals surface area contributed by atoms with Gasteiger partial charge in [-0.25, -0.2) is 9.78 Å². The zero-order valence-corrected chi connectivity index (χ0v) is 19.8. The van der Waals surface area contributed by atoms with Gasteiger partial charge in [-0.2, -0.15) is 5.06 Å². The van der Waals surface area contributed by atoms with Gasteiger partial charge in [0.25, 0.3) is 0 Å². The third-order valence-electron chi connectivity index (χ3n) is 6.07. The number of anilines is 1. The second-order valence-corrected chi connectivity index (χ2v) is 8.44. The molecule has 0 aliphatic carbocycles. The number of nitrogens with zero attached hydrogens (tertiary/aromatic N) is 4. The minimum atomic E-state index is -0.527. The lowest BCUT2D eigenvalue weighted by molar-refractivity contribution is 0.0705. The maximum absolute atomic E-state index is 12.6. The lowest BCUT2D eigenvalue weighted by atomic mass is 9.99. The minimum absolute atomic E-state index is 0.171. The number of imidazole rings is 1. The molecule has 4 rings (SSSR count). The zero-order chi connectivity index (χ0) is 23.4. The van der Waals surface area contributed by atoms with Gasteiger partial charge in [0.1, 0.15) is 11.9 Å². The van der Waals surface area contributed by atoms with Crippen molar-refractivity contribution in [2.24, 2.45) is 0 Å². The summed E-state index contributed by atoms with van der Waals surface area (Å²) in [6, 6.07) is 7.59. The van der Waals surface area contributed by atoms with Gasteiger partial charge in [-0.1, -0.05) is 25.5 Å². The first-order valence-electron chi connectivity index (χ1n) is 11.6. The van der Waals surface area contributed by atoms with Crippen LogP contribution in [-0.4, -0.2) is 46.9 Å². The molecule has 0 radical (unpaired) electrons. The normalized spacial score (nSPS) is 15.5. The molecule has 1 unspecified atom stereocenters. The number of hydrogen-bond donors (Lipinski definition) is 0. The van der Waals surface area contributed by atoms with Crippen LogP contribution in [0.4, 0.5) is 10.5 Å². The molecular formula is C25H32N4O4. The second-order valence-electron chi connectivity index (χ2n) is 8.44. The fourth-order valence-electron chi connectivity index (χ4n) is 4.39. The van der Waals surface area contributed by atoms with Crippen LogP contribution in [0.1, 0.15) is 57.0 Å². The standard InChI is InChI=1S/C25H32N4O4/c1-5-6-17(2)33-25(30)29(31-4)21-9-7-19(8-10-21)22-23-18(3)26-13-14-28(23)24(27-22)20-11-15-32-16-12-20/h7-10,13-14,17,20H,5-6,11-12,15-16H2,1-4H3. The summed E-state index contributed by atoms with van der Waals surface area (Å²) in [4.78, 5) is 27.4. The Morgan fingerprint density at radius 1 is 1.27 bits per heavy atom. The average molecular weight is 453 g/mol. The zero-order valence-electron chi connectivity index (χ0n) is 19.8. The van der Waals surface area contributed by atoms with Crippen molar-refractivity contribution >= 4 is 17.3 Å². The van der Waals surface area contributed by atoms with Gasteiger partial charge < -0.3 is 9.47 Å². The van der Waals surface area contributed by atoms with Crippen molar-refractivity contribution < 1.29 is 19.1 Å². The van der Waals surface area contributed by atoms with E-state index in [0.29, 0.717) is 11.6 Å². The Labute approximate surface area is 194 Å². The van der Waals surface area contributed by atoms with Crippen LogP contribution in [0.2, 0.25) is 0 Å². The van der Waals surface area contributed by atoms with Gasteiger partial charge in [-0.15, -0.1) is 0 Å². The first kappa shape index (κ1) is 23.2. The van der Waals surface area contributed by atoms with Crippen LogP contribution in [0, 0.1) is 6.92 Å². The summed E-state index contributed by atoms with van der Waals surface area (Å²) in [5, 5.41) is 1.17. The minimum Gasteiger partial charge on any atom is -0.445 e. The number of carbonyl (C=O) groups excluding carboxylic acids is 1. The lowest BCUT2D eigenvalue weighted by Crippen LogP contribution is -2.32. The van der Waals surface area contributed by atoms with E-state index in [0.717, 1.165) is 67.2 Å². The lowest BCUT2D eigenvalue weighted by Gasteiger charge is -2.22. The van der Waals surface area contributed by atoms with Gasteiger partial charge in [0, 0.05) is 37.1 Å². The summed E-state index contributed by atoms with van der Waals surface area (Å²) in [5.74, 6) is 1.40. The number of fused-ring (bicyclic) bond motifs is 1. The summed E-state index contributed by atoms with van der Waals surface area (Å²) in [5.41, 5.74) is 4.36. The Kier molecular flexibility index (Phi) is 7.25. The Hall–Kier alpha value is -2.97. The van der Waals surface area contributed by atoms with E-state index in [1.165, 1.54) is 12.2 Å². The topological polar surface area (TPSA) is 78.2 Å². The molecule has 1 saturated heterocycles. The largest absolute Gasteiger partial charge is 0.445 e. The third kappa shape index (κ3) is 4.86. The molecule has 1 fully saturated rings. The third-order valence-corrected chi connectivity index (χ3v) is 6.07. The summed E-state index contributed by atoms with van der Waals surface area (Å²) < 4.78 is 13.2. The quantitative estimate of drug-likeness (QED) is 0.453. The van der Waals surface area contributed by atoms with Gasteiger partial charge in [-0.3, -0.25) is 14.2 Å². The molecule has 1 aliphatic heterocycles. The molecule has 1 aliphatic rings. The first-order chi connectivity index (χ1) is 16.0. The average Bonchev–Trinajstić information content (AvgIpc) is 3.22. The summed E-state index contributed by atoms with van der Waals surface area (Å²) in [6.07, 6.45) is 6.77. The predicted octanol–water partition coefficient (Wildman–Crippen LogP) is 5.29. The molecule has 1 amide bonds. The van der Waals surface area contributed by atoms with Crippen molar-refractivity contribution in [1.29, 1.82) is 0 Å². The number of amides is 1. The molecule has 1 aromatic carbocycles. The maximum Gasteiger partial charge on any atom is 0.439 e. The number of ether oxygens (including phenoxy) is 2. The molecule has 3 aromatic rings. The second kappa shape index (κ2) is 10.3. The maximum atomic E-state index is 12.6.